The second-order valence-corrected chi connectivity index (χ2v) is 6.55. The molecule has 3 heteroatoms. The zero-order valence-corrected chi connectivity index (χ0v) is 14.6. The number of H-pyrrole nitrogens is 1. The molecule has 0 amide bonds. The predicted octanol–water partition coefficient (Wildman–Crippen LogP) is 2.75. The Morgan fingerprint density at radius 1 is 1.00 bits per heavy atom. The molecule has 1 aromatic heterocycles. The van der Waals surface area contributed by atoms with Gasteiger partial charge in [-0.15, -0.1) is 0 Å². The molecule has 0 aliphatic heterocycles. The number of rotatable bonds is 5. The van der Waals surface area contributed by atoms with Crippen LogP contribution in [0.15, 0.2) is 53.3 Å². The van der Waals surface area contributed by atoms with Crippen molar-refractivity contribution in [3.05, 3.63) is 81.1 Å². The van der Waals surface area contributed by atoms with Gasteiger partial charge < -0.3 is 9.88 Å². The number of fused-ring (bicyclic) bond motifs is 1. The van der Waals surface area contributed by atoms with Crippen molar-refractivity contribution in [3.8, 4) is 0 Å². The summed E-state index contributed by atoms with van der Waals surface area (Å²) >= 11 is 0. The van der Waals surface area contributed by atoms with Crippen LogP contribution >= 0.6 is 0 Å². The van der Waals surface area contributed by atoms with Gasteiger partial charge in [0, 0.05) is 22.2 Å². The fourth-order valence-corrected chi connectivity index (χ4v) is 3.23. The molecule has 2 N–H and O–H groups in total. The van der Waals surface area contributed by atoms with Crippen molar-refractivity contribution in [2.45, 2.75) is 33.9 Å². The highest BCUT2D eigenvalue weighted by Crippen LogP contribution is 2.12. The molecule has 0 saturated carbocycles. The molecule has 3 rings (SSSR count). The molecule has 0 saturated heterocycles. The fourth-order valence-electron chi connectivity index (χ4n) is 3.23. The lowest BCUT2D eigenvalue weighted by molar-refractivity contribution is -0.925. The molecule has 1 atom stereocenters. The number of aromatic amines is 1. The Labute approximate surface area is 143 Å². The van der Waals surface area contributed by atoms with E-state index in [9.17, 15) is 4.79 Å². The topological polar surface area (TPSA) is 37.3 Å². The summed E-state index contributed by atoms with van der Waals surface area (Å²) in [5.41, 5.74) is 5.40. The Bertz CT molecular complexity index is 897. The van der Waals surface area contributed by atoms with Crippen molar-refractivity contribution in [1.29, 1.82) is 0 Å². The van der Waals surface area contributed by atoms with E-state index in [1.165, 1.54) is 10.5 Å². The van der Waals surface area contributed by atoms with E-state index in [4.69, 9.17) is 0 Å². The summed E-state index contributed by atoms with van der Waals surface area (Å²) in [7, 11) is 0. The van der Waals surface area contributed by atoms with Gasteiger partial charge in [-0.1, -0.05) is 42.0 Å². The number of benzene rings is 2. The van der Waals surface area contributed by atoms with Crippen LogP contribution in [0.3, 0.4) is 0 Å². The van der Waals surface area contributed by atoms with Crippen molar-refractivity contribution in [2.24, 2.45) is 0 Å². The van der Waals surface area contributed by atoms with Crippen LogP contribution in [0.25, 0.3) is 10.9 Å². The Morgan fingerprint density at radius 2 is 1.75 bits per heavy atom. The van der Waals surface area contributed by atoms with Gasteiger partial charge in [0.1, 0.15) is 13.1 Å². The SMILES string of the molecule is CC[NH+](Cc1ccccc1)Cc1c(C)[nH]c2ccc(C)cc2c1=O. The standard InChI is InChI=1S/C21H24N2O/c1-4-23(13-17-8-6-5-7-9-17)14-19-16(3)22-20-11-10-15(2)12-18(20)21(19)24/h5-12H,4,13-14H2,1-3H3,(H,22,24)/p+1. The quantitative estimate of drug-likeness (QED) is 0.745. The Kier molecular flexibility index (Phi) is 4.81. The third kappa shape index (κ3) is 3.41. The van der Waals surface area contributed by atoms with E-state index in [2.05, 4.69) is 36.2 Å². The van der Waals surface area contributed by atoms with Crippen LogP contribution in [0, 0.1) is 13.8 Å². The number of quaternary nitrogens is 1. The van der Waals surface area contributed by atoms with E-state index in [0.29, 0.717) is 0 Å². The third-order valence-corrected chi connectivity index (χ3v) is 4.69. The zero-order chi connectivity index (χ0) is 17.1. The molecular formula is C21H25N2O+. The minimum atomic E-state index is 0.170. The fraction of sp³-hybridized carbons (Fsp3) is 0.286. The van der Waals surface area contributed by atoms with Crippen LogP contribution < -0.4 is 10.3 Å². The van der Waals surface area contributed by atoms with E-state index >= 15 is 0 Å². The van der Waals surface area contributed by atoms with Crippen molar-refractivity contribution >= 4 is 10.9 Å². The Hall–Kier alpha value is -2.39. The summed E-state index contributed by atoms with van der Waals surface area (Å²) < 4.78 is 0. The van der Waals surface area contributed by atoms with E-state index in [0.717, 1.165) is 47.4 Å². The van der Waals surface area contributed by atoms with E-state index < -0.39 is 0 Å². The molecule has 0 bridgehead atoms. The summed E-state index contributed by atoms with van der Waals surface area (Å²) in [5.74, 6) is 0. The van der Waals surface area contributed by atoms with Gasteiger partial charge in [-0.05, 0) is 32.9 Å². The number of pyridine rings is 1. The molecule has 3 aromatic rings. The molecule has 0 radical (unpaired) electrons. The lowest BCUT2D eigenvalue weighted by atomic mass is 10.1. The third-order valence-electron chi connectivity index (χ3n) is 4.69. The summed E-state index contributed by atoms with van der Waals surface area (Å²) in [4.78, 5) is 17.8. The van der Waals surface area contributed by atoms with E-state index in [1.807, 2.05) is 38.1 Å². The molecular weight excluding hydrogens is 296 g/mol. The second-order valence-electron chi connectivity index (χ2n) is 6.55. The molecule has 124 valence electrons. The van der Waals surface area contributed by atoms with Crippen LogP contribution in [0.1, 0.15) is 29.3 Å². The van der Waals surface area contributed by atoms with Crippen molar-refractivity contribution in [2.75, 3.05) is 6.54 Å². The average molecular weight is 321 g/mol. The maximum Gasteiger partial charge on any atom is 0.198 e. The van der Waals surface area contributed by atoms with Crippen LogP contribution in [0.5, 0.6) is 0 Å². The van der Waals surface area contributed by atoms with Gasteiger partial charge in [0.25, 0.3) is 0 Å². The number of hydrogen-bond acceptors (Lipinski definition) is 1. The molecule has 0 spiro atoms. The van der Waals surface area contributed by atoms with Gasteiger partial charge in [0.15, 0.2) is 5.43 Å². The number of aromatic nitrogens is 1. The van der Waals surface area contributed by atoms with E-state index in [-0.39, 0.29) is 5.43 Å². The average Bonchev–Trinajstić information content (AvgIpc) is 2.59. The summed E-state index contributed by atoms with van der Waals surface area (Å²) in [6, 6.07) is 16.5. The predicted molar refractivity (Wildman–Crippen MR) is 99.4 cm³/mol. The maximum absolute atomic E-state index is 13.0. The maximum atomic E-state index is 13.0. The first-order chi connectivity index (χ1) is 11.6. The van der Waals surface area contributed by atoms with Crippen molar-refractivity contribution < 1.29 is 4.90 Å². The summed E-state index contributed by atoms with van der Waals surface area (Å²) in [6.07, 6.45) is 0. The summed E-state index contributed by atoms with van der Waals surface area (Å²) in [6.45, 7) is 8.87. The normalized spacial score (nSPS) is 12.5. The smallest absolute Gasteiger partial charge is 0.198 e. The van der Waals surface area contributed by atoms with Gasteiger partial charge in [-0.25, -0.2) is 0 Å². The van der Waals surface area contributed by atoms with Gasteiger partial charge in [-0.2, -0.15) is 0 Å². The molecule has 1 heterocycles. The lowest BCUT2D eigenvalue weighted by Gasteiger charge is -2.19. The number of aryl methyl sites for hydroxylation is 2. The van der Waals surface area contributed by atoms with Gasteiger partial charge >= 0.3 is 0 Å². The monoisotopic (exact) mass is 321 g/mol. The van der Waals surface area contributed by atoms with Crippen LogP contribution in [-0.2, 0) is 13.1 Å². The Balaban J connectivity index is 1.94. The van der Waals surface area contributed by atoms with Crippen molar-refractivity contribution in [3.63, 3.8) is 0 Å². The Morgan fingerprint density at radius 3 is 2.46 bits per heavy atom. The largest absolute Gasteiger partial charge is 0.358 e. The molecule has 0 fully saturated rings. The van der Waals surface area contributed by atoms with Crippen LogP contribution in [0.2, 0.25) is 0 Å². The first-order valence-electron chi connectivity index (χ1n) is 8.58. The minimum Gasteiger partial charge on any atom is -0.358 e. The highest BCUT2D eigenvalue weighted by molar-refractivity contribution is 5.80. The minimum absolute atomic E-state index is 0.170. The molecule has 3 nitrogen and oxygen atoms in total. The first kappa shape index (κ1) is 16.5. The highest BCUT2D eigenvalue weighted by Gasteiger charge is 2.15. The highest BCUT2D eigenvalue weighted by atomic mass is 16.1. The molecule has 0 aliphatic carbocycles. The van der Waals surface area contributed by atoms with Gasteiger partial charge in [0.05, 0.1) is 12.1 Å². The molecule has 2 aromatic carbocycles. The number of nitrogens with one attached hydrogen (secondary N) is 2. The second kappa shape index (κ2) is 7.02. The van der Waals surface area contributed by atoms with Crippen molar-refractivity contribution in [1.82, 2.24) is 4.98 Å². The lowest BCUT2D eigenvalue weighted by Crippen LogP contribution is -3.09. The summed E-state index contributed by atoms with van der Waals surface area (Å²) in [5, 5.41) is 0.797. The molecule has 1 unspecified atom stereocenters. The van der Waals surface area contributed by atoms with E-state index in [1.54, 1.807) is 0 Å². The van der Waals surface area contributed by atoms with Crippen LogP contribution in [-0.4, -0.2) is 11.5 Å². The molecule has 24 heavy (non-hydrogen) atoms. The van der Waals surface area contributed by atoms with Gasteiger partial charge in [-0.3, -0.25) is 4.79 Å². The first-order valence-corrected chi connectivity index (χ1v) is 8.58. The zero-order valence-electron chi connectivity index (χ0n) is 14.6. The van der Waals surface area contributed by atoms with Gasteiger partial charge in [0.2, 0.25) is 0 Å². The van der Waals surface area contributed by atoms with Crippen LogP contribution in [0.4, 0.5) is 0 Å². The molecule has 0 aliphatic rings. The number of hydrogen-bond donors (Lipinski definition) is 2.